The third-order valence-corrected chi connectivity index (χ3v) is 7.14. The number of aromatic nitrogens is 2. The molecule has 3 aromatic carbocycles. The summed E-state index contributed by atoms with van der Waals surface area (Å²) < 4.78 is 1.82. The minimum absolute atomic E-state index is 0.0369. The molecule has 0 radical (unpaired) electrons. The fourth-order valence-corrected chi connectivity index (χ4v) is 5.02. The fourth-order valence-electron chi connectivity index (χ4n) is 5.02. The van der Waals surface area contributed by atoms with Crippen LogP contribution in [0, 0.1) is 12.8 Å². The number of benzene rings is 3. The maximum atomic E-state index is 13.6. The first-order valence-electron chi connectivity index (χ1n) is 12.7. The van der Waals surface area contributed by atoms with Crippen molar-refractivity contribution in [3.05, 3.63) is 106 Å². The molecule has 1 fully saturated rings. The van der Waals surface area contributed by atoms with E-state index >= 15 is 0 Å². The largest absolute Gasteiger partial charge is 0.356 e. The predicted molar refractivity (Wildman–Crippen MR) is 144 cm³/mol. The Hall–Kier alpha value is -3.93. The van der Waals surface area contributed by atoms with Gasteiger partial charge in [-0.25, -0.2) is 4.98 Å². The molecule has 0 atom stereocenters. The lowest BCUT2D eigenvalue weighted by atomic mass is 9.95. The molecule has 1 aromatic heterocycles. The SMILES string of the molecule is Cc1ccccc1CCNC(=O)C1CCN(c2nc3ccccc3n(Cc3ccccc3)c2=O)CC1. The first-order chi connectivity index (χ1) is 17.6. The van der Waals surface area contributed by atoms with Gasteiger partial charge in [0.2, 0.25) is 5.91 Å². The Labute approximate surface area is 211 Å². The Morgan fingerprint density at radius 1 is 0.944 bits per heavy atom. The summed E-state index contributed by atoms with van der Waals surface area (Å²) in [6, 6.07) is 26.1. The van der Waals surface area contributed by atoms with Gasteiger partial charge in [0.15, 0.2) is 5.82 Å². The highest BCUT2D eigenvalue weighted by Crippen LogP contribution is 2.22. The van der Waals surface area contributed by atoms with Crippen LogP contribution in [0.5, 0.6) is 0 Å². The van der Waals surface area contributed by atoms with Crippen molar-refractivity contribution in [2.45, 2.75) is 32.7 Å². The van der Waals surface area contributed by atoms with Crippen molar-refractivity contribution < 1.29 is 4.79 Å². The van der Waals surface area contributed by atoms with Gasteiger partial charge in [-0.05, 0) is 55.0 Å². The number of nitrogens with one attached hydrogen (secondary N) is 1. The molecule has 1 aliphatic heterocycles. The highest BCUT2D eigenvalue weighted by atomic mass is 16.2. The number of nitrogens with zero attached hydrogens (tertiary/aromatic N) is 3. The molecule has 0 aliphatic carbocycles. The molecule has 0 unspecified atom stereocenters. The Kier molecular flexibility index (Phi) is 7.12. The molecule has 0 spiro atoms. The zero-order chi connectivity index (χ0) is 24.9. The Morgan fingerprint density at radius 2 is 1.64 bits per heavy atom. The van der Waals surface area contributed by atoms with Crippen LogP contribution in [0.2, 0.25) is 0 Å². The van der Waals surface area contributed by atoms with Crippen LogP contribution in [0.1, 0.15) is 29.5 Å². The van der Waals surface area contributed by atoms with E-state index in [-0.39, 0.29) is 17.4 Å². The molecular formula is C30H32N4O2. The molecule has 4 aromatic rings. The van der Waals surface area contributed by atoms with Gasteiger partial charge in [-0.3, -0.25) is 14.2 Å². The minimum Gasteiger partial charge on any atom is -0.356 e. The zero-order valence-corrected chi connectivity index (χ0v) is 20.7. The maximum Gasteiger partial charge on any atom is 0.294 e. The first-order valence-corrected chi connectivity index (χ1v) is 12.7. The normalized spacial score (nSPS) is 14.2. The van der Waals surface area contributed by atoms with Crippen LogP contribution in [-0.2, 0) is 17.8 Å². The Morgan fingerprint density at radius 3 is 2.42 bits per heavy atom. The summed E-state index contributed by atoms with van der Waals surface area (Å²) in [6.07, 6.45) is 2.25. The number of anilines is 1. The van der Waals surface area contributed by atoms with E-state index in [1.165, 1.54) is 11.1 Å². The van der Waals surface area contributed by atoms with Crippen LogP contribution < -0.4 is 15.8 Å². The van der Waals surface area contributed by atoms with E-state index in [4.69, 9.17) is 4.98 Å². The summed E-state index contributed by atoms with van der Waals surface area (Å²) in [7, 11) is 0. The minimum atomic E-state index is -0.0846. The molecule has 1 amide bonds. The molecule has 1 N–H and O–H groups in total. The van der Waals surface area contributed by atoms with Crippen molar-refractivity contribution in [2.75, 3.05) is 24.5 Å². The first kappa shape index (κ1) is 23.8. The van der Waals surface area contributed by atoms with Gasteiger partial charge in [0, 0.05) is 25.6 Å². The summed E-state index contributed by atoms with van der Waals surface area (Å²) in [6.45, 7) is 4.51. The van der Waals surface area contributed by atoms with Crippen LogP contribution in [0.25, 0.3) is 11.0 Å². The standard InChI is InChI=1S/C30H32N4O2/c1-22-9-5-6-12-24(22)15-18-31-29(35)25-16-19-33(20-17-25)28-30(36)34(21-23-10-3-2-4-11-23)27-14-8-7-13-26(27)32-28/h2-14,25H,15-21H2,1H3,(H,31,35). The second-order valence-corrected chi connectivity index (χ2v) is 9.53. The van der Waals surface area contributed by atoms with Crippen molar-refractivity contribution in [2.24, 2.45) is 5.92 Å². The summed E-state index contributed by atoms with van der Waals surface area (Å²) in [5.74, 6) is 0.546. The fraction of sp³-hybridized carbons (Fsp3) is 0.300. The van der Waals surface area contributed by atoms with Gasteiger partial charge >= 0.3 is 0 Å². The number of hydrogen-bond donors (Lipinski definition) is 1. The quantitative estimate of drug-likeness (QED) is 0.428. The number of fused-ring (bicyclic) bond motifs is 1. The van der Waals surface area contributed by atoms with Gasteiger partial charge in [0.25, 0.3) is 5.56 Å². The van der Waals surface area contributed by atoms with E-state index in [1.54, 1.807) is 0 Å². The molecule has 6 heteroatoms. The van der Waals surface area contributed by atoms with Crippen molar-refractivity contribution >= 4 is 22.8 Å². The number of para-hydroxylation sites is 2. The number of carbonyl (C=O) groups is 1. The third-order valence-electron chi connectivity index (χ3n) is 7.14. The molecule has 0 bridgehead atoms. The summed E-state index contributed by atoms with van der Waals surface area (Å²) in [5, 5.41) is 3.12. The van der Waals surface area contributed by atoms with Crippen LogP contribution in [0.4, 0.5) is 5.82 Å². The van der Waals surface area contributed by atoms with Crippen molar-refractivity contribution in [1.29, 1.82) is 0 Å². The van der Waals surface area contributed by atoms with Crippen LogP contribution >= 0.6 is 0 Å². The molecule has 1 aliphatic rings. The Bertz CT molecular complexity index is 1410. The van der Waals surface area contributed by atoms with Gasteiger partial charge in [0.1, 0.15) is 0 Å². The molecule has 6 nitrogen and oxygen atoms in total. The second-order valence-electron chi connectivity index (χ2n) is 9.53. The Balaban J connectivity index is 1.27. The number of aryl methyl sites for hydroxylation is 1. The monoisotopic (exact) mass is 480 g/mol. The third kappa shape index (κ3) is 5.18. The molecule has 1 saturated heterocycles. The number of amides is 1. The zero-order valence-electron chi connectivity index (χ0n) is 20.7. The lowest BCUT2D eigenvalue weighted by Gasteiger charge is -2.32. The van der Waals surface area contributed by atoms with Crippen LogP contribution in [0.3, 0.4) is 0 Å². The number of rotatable bonds is 7. The average Bonchev–Trinajstić information content (AvgIpc) is 2.92. The highest BCUT2D eigenvalue weighted by molar-refractivity contribution is 5.79. The molecule has 2 heterocycles. The van der Waals surface area contributed by atoms with Crippen molar-refractivity contribution in [1.82, 2.24) is 14.9 Å². The van der Waals surface area contributed by atoms with Crippen molar-refractivity contribution in [3.8, 4) is 0 Å². The number of hydrogen-bond acceptors (Lipinski definition) is 4. The van der Waals surface area contributed by atoms with E-state index in [1.807, 2.05) is 76.2 Å². The van der Waals surface area contributed by atoms with Gasteiger partial charge in [0.05, 0.1) is 17.6 Å². The molecule has 5 rings (SSSR count). The van der Waals surface area contributed by atoms with E-state index in [0.717, 1.165) is 23.0 Å². The number of piperidine rings is 1. The van der Waals surface area contributed by atoms with Gasteiger partial charge in [-0.2, -0.15) is 0 Å². The van der Waals surface area contributed by atoms with Crippen molar-refractivity contribution in [3.63, 3.8) is 0 Å². The average molecular weight is 481 g/mol. The second kappa shape index (κ2) is 10.8. The van der Waals surface area contributed by atoms with Gasteiger partial charge in [-0.1, -0.05) is 66.7 Å². The van der Waals surface area contributed by atoms with E-state index in [9.17, 15) is 9.59 Å². The molecule has 36 heavy (non-hydrogen) atoms. The molecule has 0 saturated carbocycles. The van der Waals surface area contributed by atoms with E-state index in [2.05, 4.69) is 24.4 Å². The number of carbonyl (C=O) groups excluding carboxylic acids is 1. The topological polar surface area (TPSA) is 67.2 Å². The molecule has 184 valence electrons. The molecular weight excluding hydrogens is 448 g/mol. The van der Waals surface area contributed by atoms with E-state index < -0.39 is 0 Å². The highest BCUT2D eigenvalue weighted by Gasteiger charge is 2.27. The summed E-state index contributed by atoms with van der Waals surface area (Å²) in [4.78, 5) is 33.2. The van der Waals surface area contributed by atoms with Crippen LogP contribution in [-0.4, -0.2) is 35.1 Å². The maximum absolute atomic E-state index is 13.6. The predicted octanol–water partition coefficient (Wildman–Crippen LogP) is 4.33. The lowest BCUT2D eigenvalue weighted by molar-refractivity contribution is -0.125. The summed E-state index contributed by atoms with van der Waals surface area (Å²) >= 11 is 0. The smallest absolute Gasteiger partial charge is 0.294 e. The van der Waals surface area contributed by atoms with Gasteiger partial charge < -0.3 is 10.2 Å². The van der Waals surface area contributed by atoms with Crippen LogP contribution in [0.15, 0.2) is 83.7 Å². The summed E-state index contributed by atoms with van der Waals surface area (Å²) in [5.41, 5.74) is 5.14. The van der Waals surface area contributed by atoms with E-state index in [0.29, 0.717) is 44.8 Å². The lowest BCUT2D eigenvalue weighted by Crippen LogP contribution is -2.43. The van der Waals surface area contributed by atoms with Gasteiger partial charge in [-0.15, -0.1) is 0 Å².